The third-order valence-electron chi connectivity index (χ3n) is 6.01. The molecule has 0 aromatic heterocycles. The smallest absolute Gasteiger partial charge is 0.341 e. The lowest BCUT2D eigenvalue weighted by molar-refractivity contribution is -0.139. The first kappa shape index (κ1) is 27.6. The second kappa shape index (κ2) is 10.7. The van der Waals surface area contributed by atoms with Crippen LogP contribution in [0.2, 0.25) is 0 Å². The van der Waals surface area contributed by atoms with Gasteiger partial charge in [-0.2, -0.15) is 0 Å². The first-order chi connectivity index (χ1) is 15.4. The van der Waals surface area contributed by atoms with E-state index in [9.17, 15) is 9.59 Å². The zero-order chi connectivity index (χ0) is 24.5. The second-order valence-corrected chi connectivity index (χ2v) is 9.83. The van der Waals surface area contributed by atoms with E-state index in [1.54, 1.807) is 17.0 Å². The summed E-state index contributed by atoms with van der Waals surface area (Å²) in [6.07, 6.45) is 3.81. The Balaban J connectivity index is 0.00000408. The molecule has 1 fully saturated rings. The number of Topliss-reactive ketones (excluding diaryl/α,β-unsaturated/α-hetero) is 1. The summed E-state index contributed by atoms with van der Waals surface area (Å²) in [5.41, 5.74) is 3.35. The van der Waals surface area contributed by atoms with Crippen LogP contribution in [0.15, 0.2) is 28.9 Å². The number of nitrogens with one attached hydrogen (secondary N) is 1. The number of likely N-dealkylation sites (tertiary alicyclic amines) is 1. The number of carbonyl (C=O) groups excluding carboxylic acids is 1. The number of hydrogen-bond acceptors (Lipinski definition) is 6. The van der Waals surface area contributed by atoms with Crippen LogP contribution in [0.4, 0.5) is 5.69 Å². The fourth-order valence-electron chi connectivity index (χ4n) is 4.19. The molecular weight excluding hydrogens is 500 g/mol. The van der Waals surface area contributed by atoms with E-state index < -0.39 is 12.6 Å². The number of aliphatic carboxylic acids is 1. The number of fused-ring (bicyclic) bond motifs is 1. The van der Waals surface area contributed by atoms with Crippen LogP contribution in [0.3, 0.4) is 0 Å². The van der Waals surface area contributed by atoms with Crippen molar-refractivity contribution < 1.29 is 19.4 Å². The minimum absolute atomic E-state index is 0. The van der Waals surface area contributed by atoms with Crippen molar-refractivity contribution in [2.24, 2.45) is 10.9 Å². The van der Waals surface area contributed by atoms with E-state index in [2.05, 4.69) is 18.0 Å². The predicted molar refractivity (Wildman–Crippen MR) is 140 cm³/mol. The Labute approximate surface area is 212 Å². The monoisotopic (exact) mass is 534 g/mol. The Morgan fingerprint density at radius 2 is 1.97 bits per heavy atom. The number of carboxylic acid groups (broad SMARTS) is 1. The van der Waals surface area contributed by atoms with E-state index in [0.717, 1.165) is 29.8 Å². The molecule has 1 unspecified atom stereocenters. The molecule has 0 amide bonds. The van der Waals surface area contributed by atoms with Gasteiger partial charge in [0.25, 0.3) is 0 Å². The van der Waals surface area contributed by atoms with Gasteiger partial charge in [0, 0.05) is 43.4 Å². The molecule has 1 atom stereocenters. The van der Waals surface area contributed by atoms with Crippen LogP contribution in [0, 0.1) is 11.3 Å². The molecule has 1 aromatic carbocycles. The van der Waals surface area contributed by atoms with Crippen molar-refractivity contribution in [1.82, 2.24) is 4.90 Å². The van der Waals surface area contributed by atoms with Crippen molar-refractivity contribution in [2.75, 3.05) is 38.7 Å². The van der Waals surface area contributed by atoms with Gasteiger partial charge in [0.05, 0.1) is 17.9 Å². The highest BCUT2D eigenvalue weighted by atomic mass is 79.9. The molecule has 1 aromatic rings. The summed E-state index contributed by atoms with van der Waals surface area (Å²) in [5, 5.41) is 17.7. The van der Waals surface area contributed by atoms with E-state index in [1.807, 2.05) is 39.8 Å². The van der Waals surface area contributed by atoms with Gasteiger partial charge < -0.3 is 19.6 Å². The Hall–Kier alpha value is -2.68. The molecular formula is C25H35BrN4O4. The Kier molecular flexibility index (Phi) is 8.69. The Bertz CT molecular complexity index is 1040. The number of rotatable bonds is 8. The maximum absolute atomic E-state index is 13.4. The number of nitrogens with zero attached hydrogens (tertiary/aromatic N) is 3. The van der Waals surface area contributed by atoms with Crippen LogP contribution in [0.25, 0.3) is 0 Å². The quantitative estimate of drug-likeness (QED) is 0.481. The van der Waals surface area contributed by atoms with Gasteiger partial charge in [-0.3, -0.25) is 15.2 Å². The number of ketones is 1. The third-order valence-corrected chi connectivity index (χ3v) is 6.01. The van der Waals surface area contributed by atoms with Gasteiger partial charge in [0.1, 0.15) is 11.6 Å². The number of hydrogen-bond donors (Lipinski definition) is 2. The van der Waals surface area contributed by atoms with Gasteiger partial charge in [-0.25, -0.2) is 4.79 Å². The van der Waals surface area contributed by atoms with E-state index in [1.165, 1.54) is 0 Å². The molecule has 0 aliphatic carbocycles. The van der Waals surface area contributed by atoms with Gasteiger partial charge in [-0.15, -0.1) is 17.0 Å². The zero-order valence-electron chi connectivity index (χ0n) is 20.8. The van der Waals surface area contributed by atoms with Gasteiger partial charge in [-0.05, 0) is 30.4 Å². The zero-order valence-corrected chi connectivity index (χ0v) is 22.5. The molecule has 2 heterocycles. The number of anilines is 1. The van der Waals surface area contributed by atoms with Crippen molar-refractivity contribution in [3.63, 3.8) is 0 Å². The van der Waals surface area contributed by atoms with E-state index in [0.29, 0.717) is 29.4 Å². The number of carbonyl (C=O) groups is 2. The summed E-state index contributed by atoms with van der Waals surface area (Å²) >= 11 is 0. The Morgan fingerprint density at radius 3 is 2.53 bits per heavy atom. The standard InChI is InChI=1S/C25H34N4O4.BrH/c1-7-17-9-8-15-12-29(24(26)22(15)27-17)13-20(30)16-10-18(25(2,3)4)23(33-14-21(31)32)19(11-16)28(5)6;/h9-11,15,26H,7-8,12-14H2,1-6H3,(H,31,32);1H. The summed E-state index contributed by atoms with van der Waals surface area (Å²) in [5.74, 6) is -0.190. The molecule has 0 saturated carbocycles. The summed E-state index contributed by atoms with van der Waals surface area (Å²) < 4.78 is 5.67. The number of benzene rings is 1. The van der Waals surface area contributed by atoms with Crippen LogP contribution in [-0.4, -0.2) is 67.1 Å². The van der Waals surface area contributed by atoms with Crippen LogP contribution in [0.5, 0.6) is 5.75 Å². The molecule has 1 saturated heterocycles. The SMILES string of the molecule is Br.CCC1=CCC2CN(CC(=O)c3cc(N(C)C)c(OCC(=O)O)c(C(C)(C)C)c3)C(=N)C2=N1. The number of carboxylic acids is 1. The van der Waals surface area contributed by atoms with Crippen LogP contribution in [-0.2, 0) is 10.2 Å². The number of halogens is 1. The van der Waals surface area contributed by atoms with Gasteiger partial charge in [-0.1, -0.05) is 33.8 Å². The molecule has 0 radical (unpaired) electrons. The highest BCUT2D eigenvalue weighted by molar-refractivity contribution is 8.93. The summed E-state index contributed by atoms with van der Waals surface area (Å²) in [7, 11) is 3.67. The second-order valence-electron chi connectivity index (χ2n) is 9.83. The van der Waals surface area contributed by atoms with Crippen molar-refractivity contribution in [3.8, 4) is 5.75 Å². The van der Waals surface area contributed by atoms with Gasteiger partial charge >= 0.3 is 5.97 Å². The molecule has 9 heteroatoms. The molecule has 2 N–H and O–H groups in total. The third kappa shape index (κ3) is 5.87. The maximum atomic E-state index is 13.4. The van der Waals surface area contributed by atoms with Crippen molar-refractivity contribution in [3.05, 3.63) is 35.0 Å². The van der Waals surface area contributed by atoms with Crippen molar-refractivity contribution >= 4 is 46.0 Å². The van der Waals surface area contributed by atoms with Crippen LogP contribution in [0.1, 0.15) is 56.5 Å². The predicted octanol–water partition coefficient (Wildman–Crippen LogP) is 4.32. The lowest BCUT2D eigenvalue weighted by Gasteiger charge is -2.28. The topological polar surface area (TPSA) is 106 Å². The molecule has 2 aliphatic heterocycles. The minimum Gasteiger partial charge on any atom is -0.479 e. The van der Waals surface area contributed by atoms with E-state index >= 15 is 0 Å². The van der Waals surface area contributed by atoms with E-state index in [-0.39, 0.29) is 40.6 Å². The molecule has 3 rings (SSSR count). The highest BCUT2D eigenvalue weighted by Crippen LogP contribution is 2.40. The highest BCUT2D eigenvalue weighted by Gasteiger charge is 2.36. The number of allylic oxidation sites excluding steroid dienone is 2. The van der Waals surface area contributed by atoms with Crippen molar-refractivity contribution in [2.45, 2.75) is 46.0 Å². The van der Waals surface area contributed by atoms with Crippen LogP contribution < -0.4 is 9.64 Å². The average Bonchev–Trinajstić information content (AvgIpc) is 3.05. The normalized spacial score (nSPS) is 17.4. The van der Waals surface area contributed by atoms with Crippen molar-refractivity contribution in [1.29, 1.82) is 5.41 Å². The molecule has 8 nitrogen and oxygen atoms in total. The van der Waals surface area contributed by atoms with E-state index in [4.69, 9.17) is 15.3 Å². The number of aliphatic imine (C=N–C) groups is 1. The number of amidine groups is 1. The fourth-order valence-corrected chi connectivity index (χ4v) is 4.19. The summed E-state index contributed by atoms with van der Waals surface area (Å²) in [6.45, 7) is 8.31. The van der Waals surface area contributed by atoms with Gasteiger partial charge in [0.15, 0.2) is 12.4 Å². The molecule has 0 bridgehead atoms. The molecule has 34 heavy (non-hydrogen) atoms. The first-order valence-corrected chi connectivity index (χ1v) is 11.3. The summed E-state index contributed by atoms with van der Waals surface area (Å²) in [4.78, 5) is 32.7. The fraction of sp³-hybridized carbons (Fsp3) is 0.520. The largest absolute Gasteiger partial charge is 0.479 e. The van der Waals surface area contributed by atoms with Gasteiger partial charge in [0.2, 0.25) is 0 Å². The minimum atomic E-state index is -1.06. The maximum Gasteiger partial charge on any atom is 0.341 e. The lowest BCUT2D eigenvalue weighted by Crippen LogP contribution is -2.32. The molecule has 186 valence electrons. The molecule has 0 spiro atoms. The first-order valence-electron chi connectivity index (χ1n) is 11.3. The summed E-state index contributed by atoms with van der Waals surface area (Å²) in [6, 6.07) is 3.54. The Morgan fingerprint density at radius 1 is 1.29 bits per heavy atom. The molecule has 2 aliphatic rings. The number of ether oxygens (including phenoxy) is 1. The average molecular weight is 535 g/mol. The van der Waals surface area contributed by atoms with Crippen LogP contribution >= 0.6 is 17.0 Å². The lowest BCUT2D eigenvalue weighted by atomic mass is 9.84.